The fourth-order valence-electron chi connectivity index (χ4n) is 4.56. The predicted octanol–water partition coefficient (Wildman–Crippen LogP) is 2.76. The SMILES string of the molecule is C#Cc1ccc(C(=O)OCCCc2nn(CC)c3c2CC2(CCOCC2)CNC3=O)cc1. The number of fused-ring (bicyclic) bond motifs is 1. The Hall–Kier alpha value is -3.11. The summed E-state index contributed by atoms with van der Waals surface area (Å²) in [5.41, 5.74) is 3.87. The summed E-state index contributed by atoms with van der Waals surface area (Å²) in [6.07, 6.45) is 9.32. The molecule has 0 radical (unpaired) electrons. The second kappa shape index (κ2) is 9.58. The lowest BCUT2D eigenvalue weighted by molar-refractivity contribution is 0.0160. The van der Waals surface area contributed by atoms with Crippen molar-refractivity contribution in [1.82, 2.24) is 15.1 Å². The van der Waals surface area contributed by atoms with Crippen LogP contribution in [0.3, 0.4) is 0 Å². The number of aromatic nitrogens is 2. The molecule has 0 unspecified atom stereocenters. The summed E-state index contributed by atoms with van der Waals surface area (Å²) in [6.45, 7) is 5.03. The van der Waals surface area contributed by atoms with Crippen LogP contribution in [-0.4, -0.2) is 48.0 Å². The van der Waals surface area contributed by atoms with E-state index in [2.05, 4.69) is 11.2 Å². The van der Waals surface area contributed by atoms with Crippen molar-refractivity contribution in [2.75, 3.05) is 26.4 Å². The lowest BCUT2D eigenvalue weighted by atomic mass is 9.75. The third-order valence-corrected chi connectivity index (χ3v) is 6.46. The molecule has 0 aliphatic carbocycles. The van der Waals surface area contributed by atoms with Gasteiger partial charge in [0, 0.05) is 37.4 Å². The average Bonchev–Trinajstić information content (AvgIpc) is 3.10. The quantitative estimate of drug-likeness (QED) is 0.429. The van der Waals surface area contributed by atoms with Gasteiger partial charge in [-0.2, -0.15) is 5.10 Å². The minimum absolute atomic E-state index is 0.0204. The van der Waals surface area contributed by atoms with Gasteiger partial charge in [0.25, 0.3) is 5.91 Å². The highest BCUT2D eigenvalue weighted by atomic mass is 16.5. The van der Waals surface area contributed by atoms with Crippen molar-refractivity contribution in [3.63, 3.8) is 0 Å². The molecule has 1 N–H and O–H groups in total. The fourth-order valence-corrected chi connectivity index (χ4v) is 4.56. The highest BCUT2D eigenvalue weighted by Gasteiger charge is 2.39. The van der Waals surface area contributed by atoms with Crippen molar-refractivity contribution in [2.24, 2.45) is 5.41 Å². The van der Waals surface area contributed by atoms with E-state index in [0.29, 0.717) is 37.2 Å². The average molecular weight is 436 g/mol. The molecule has 0 bridgehead atoms. The van der Waals surface area contributed by atoms with Gasteiger partial charge in [0.15, 0.2) is 0 Å². The molecule has 1 aromatic heterocycles. The van der Waals surface area contributed by atoms with Crippen LogP contribution in [0, 0.1) is 17.8 Å². The van der Waals surface area contributed by atoms with Gasteiger partial charge in [0.05, 0.1) is 17.9 Å². The molecule has 0 saturated carbocycles. The number of amides is 1. The van der Waals surface area contributed by atoms with E-state index < -0.39 is 0 Å². The van der Waals surface area contributed by atoms with Crippen LogP contribution in [0.25, 0.3) is 0 Å². The van der Waals surface area contributed by atoms with Crippen LogP contribution in [-0.2, 0) is 28.9 Å². The van der Waals surface area contributed by atoms with E-state index in [0.717, 1.165) is 49.3 Å². The summed E-state index contributed by atoms with van der Waals surface area (Å²) in [5.74, 6) is 2.11. The molecule has 0 atom stereocenters. The molecule has 2 aliphatic rings. The van der Waals surface area contributed by atoms with Crippen LogP contribution >= 0.6 is 0 Å². The molecule has 4 rings (SSSR count). The Morgan fingerprint density at radius 2 is 2.06 bits per heavy atom. The third-order valence-electron chi connectivity index (χ3n) is 6.46. The molecular formula is C25H29N3O4. The normalized spacial score (nSPS) is 17.2. The molecule has 2 aliphatic heterocycles. The maximum Gasteiger partial charge on any atom is 0.338 e. The van der Waals surface area contributed by atoms with E-state index in [-0.39, 0.29) is 23.9 Å². The minimum atomic E-state index is -0.368. The van der Waals surface area contributed by atoms with Gasteiger partial charge in [-0.3, -0.25) is 9.48 Å². The molecule has 32 heavy (non-hydrogen) atoms. The number of nitrogens with one attached hydrogen (secondary N) is 1. The molecule has 7 nitrogen and oxygen atoms in total. The Bertz CT molecular complexity index is 1030. The van der Waals surface area contributed by atoms with Gasteiger partial charge < -0.3 is 14.8 Å². The van der Waals surface area contributed by atoms with Crippen molar-refractivity contribution >= 4 is 11.9 Å². The molecule has 168 valence electrons. The first kappa shape index (κ1) is 22.1. The Balaban J connectivity index is 1.43. The highest BCUT2D eigenvalue weighted by molar-refractivity contribution is 5.94. The number of terminal acetylenes is 1. The zero-order valence-electron chi connectivity index (χ0n) is 18.5. The number of rotatable bonds is 6. The second-order valence-electron chi connectivity index (χ2n) is 8.52. The molecule has 1 amide bonds. The van der Waals surface area contributed by atoms with Crippen LogP contribution in [0.15, 0.2) is 24.3 Å². The lowest BCUT2D eigenvalue weighted by Crippen LogP contribution is -2.40. The molecule has 1 aromatic carbocycles. The van der Waals surface area contributed by atoms with Crippen molar-refractivity contribution in [2.45, 2.75) is 45.6 Å². The van der Waals surface area contributed by atoms with Crippen molar-refractivity contribution < 1.29 is 19.1 Å². The predicted molar refractivity (Wildman–Crippen MR) is 119 cm³/mol. The number of hydrogen-bond donors (Lipinski definition) is 1. The molecule has 3 heterocycles. The number of benzene rings is 1. The molecule has 1 spiro atoms. The smallest absolute Gasteiger partial charge is 0.338 e. The van der Waals surface area contributed by atoms with Crippen molar-refractivity contribution in [3.05, 3.63) is 52.3 Å². The number of carbonyl (C=O) groups excluding carboxylic acids is 2. The zero-order valence-corrected chi connectivity index (χ0v) is 18.5. The molecule has 2 aromatic rings. The standard InChI is InChI=1S/C25H29N3O4/c1-3-18-7-9-19(10-8-18)24(30)32-13-5-6-21-20-16-25(11-14-31-15-12-25)17-26-23(29)22(20)28(4-2)27-21/h1,7-10H,4-6,11-17H2,2H3,(H,26,29). The van der Waals surface area contributed by atoms with Crippen LogP contribution in [0.1, 0.15) is 63.9 Å². The number of aryl methyl sites for hydroxylation is 2. The first-order valence-corrected chi connectivity index (χ1v) is 11.2. The van der Waals surface area contributed by atoms with Gasteiger partial charge in [-0.15, -0.1) is 6.42 Å². The van der Waals surface area contributed by atoms with Gasteiger partial charge in [0.1, 0.15) is 5.69 Å². The summed E-state index contributed by atoms with van der Waals surface area (Å²) in [4.78, 5) is 25.1. The second-order valence-corrected chi connectivity index (χ2v) is 8.52. The van der Waals surface area contributed by atoms with E-state index in [9.17, 15) is 9.59 Å². The Labute approximate surface area is 188 Å². The van der Waals surface area contributed by atoms with E-state index in [1.54, 1.807) is 28.9 Å². The van der Waals surface area contributed by atoms with Gasteiger partial charge in [-0.25, -0.2) is 4.79 Å². The van der Waals surface area contributed by atoms with Crippen LogP contribution in [0.4, 0.5) is 0 Å². The topological polar surface area (TPSA) is 82.4 Å². The van der Waals surface area contributed by atoms with Gasteiger partial charge in [0.2, 0.25) is 0 Å². The minimum Gasteiger partial charge on any atom is -0.462 e. The number of hydrogen-bond acceptors (Lipinski definition) is 5. The van der Waals surface area contributed by atoms with Gasteiger partial charge in [-0.1, -0.05) is 5.92 Å². The first-order chi connectivity index (χ1) is 15.5. The monoisotopic (exact) mass is 435 g/mol. The van der Waals surface area contributed by atoms with Gasteiger partial charge >= 0.3 is 5.97 Å². The Kier molecular flexibility index (Phi) is 6.61. The van der Waals surface area contributed by atoms with Crippen molar-refractivity contribution in [1.29, 1.82) is 0 Å². The van der Waals surface area contributed by atoms with E-state index in [4.69, 9.17) is 21.0 Å². The summed E-state index contributed by atoms with van der Waals surface area (Å²) in [5, 5.41) is 7.86. The largest absolute Gasteiger partial charge is 0.462 e. The summed E-state index contributed by atoms with van der Waals surface area (Å²) in [6, 6.07) is 6.79. The van der Waals surface area contributed by atoms with Crippen molar-refractivity contribution in [3.8, 4) is 12.3 Å². The molecular weight excluding hydrogens is 406 g/mol. The molecule has 1 saturated heterocycles. The summed E-state index contributed by atoms with van der Waals surface area (Å²) < 4.78 is 12.8. The maximum atomic E-state index is 12.9. The number of ether oxygens (including phenoxy) is 2. The van der Waals surface area contributed by atoms with E-state index in [1.165, 1.54) is 0 Å². The van der Waals surface area contributed by atoms with Gasteiger partial charge in [-0.05, 0) is 68.7 Å². The number of nitrogens with zero attached hydrogens (tertiary/aromatic N) is 2. The maximum absolute atomic E-state index is 12.9. The number of carbonyl (C=O) groups is 2. The van der Waals surface area contributed by atoms with Crippen LogP contribution < -0.4 is 5.32 Å². The van der Waals surface area contributed by atoms with E-state index >= 15 is 0 Å². The first-order valence-electron chi connectivity index (χ1n) is 11.2. The zero-order chi connectivity index (χ0) is 22.6. The molecule has 1 fully saturated rings. The summed E-state index contributed by atoms with van der Waals surface area (Å²) >= 11 is 0. The number of esters is 1. The van der Waals surface area contributed by atoms with Crippen LogP contribution in [0.2, 0.25) is 0 Å². The molecule has 7 heteroatoms. The van der Waals surface area contributed by atoms with E-state index in [1.807, 2.05) is 6.92 Å². The lowest BCUT2D eigenvalue weighted by Gasteiger charge is -2.36. The Morgan fingerprint density at radius 1 is 1.31 bits per heavy atom. The third kappa shape index (κ3) is 4.56. The Morgan fingerprint density at radius 3 is 2.75 bits per heavy atom. The fraction of sp³-hybridized carbons (Fsp3) is 0.480. The van der Waals surface area contributed by atoms with Crippen LogP contribution in [0.5, 0.6) is 0 Å². The highest BCUT2D eigenvalue weighted by Crippen LogP contribution is 2.37. The summed E-state index contributed by atoms with van der Waals surface area (Å²) in [7, 11) is 0.